The Kier molecular flexibility index (Phi) is 5.27. The van der Waals surface area contributed by atoms with E-state index >= 15 is 0 Å². The predicted molar refractivity (Wildman–Crippen MR) is 98.3 cm³/mol. The number of cyclic esters (lactones) is 1. The van der Waals surface area contributed by atoms with Crippen molar-refractivity contribution < 1.29 is 18.7 Å². The maximum absolute atomic E-state index is 13.1. The van der Waals surface area contributed by atoms with E-state index in [0.29, 0.717) is 30.2 Å². The lowest BCUT2D eigenvalue weighted by molar-refractivity contribution is -0.116. The first kappa shape index (κ1) is 18.0. The van der Waals surface area contributed by atoms with Crippen molar-refractivity contribution in [1.29, 1.82) is 0 Å². The minimum Gasteiger partial charge on any atom is -0.447 e. The van der Waals surface area contributed by atoms with Gasteiger partial charge in [0.15, 0.2) is 0 Å². The molecule has 0 aromatic heterocycles. The van der Waals surface area contributed by atoms with Gasteiger partial charge in [0, 0.05) is 11.4 Å². The SMILES string of the molecule is CC(Nc1cccc(N2CCOC2=O)c1)C(=O)Nc1ccc(F)cc1Cl. The minimum atomic E-state index is -0.586. The number of amides is 2. The van der Waals surface area contributed by atoms with Gasteiger partial charge >= 0.3 is 6.09 Å². The molecule has 0 radical (unpaired) electrons. The van der Waals surface area contributed by atoms with Crippen molar-refractivity contribution in [3.8, 4) is 0 Å². The van der Waals surface area contributed by atoms with E-state index in [-0.39, 0.29) is 17.0 Å². The standard InChI is InChI=1S/C18H17ClFN3O3/c1-11(17(24)22-16-6-5-12(20)9-15(16)19)21-13-3-2-4-14(10-13)23-7-8-26-18(23)25/h2-6,9-11,21H,7-8H2,1H3,(H,22,24). The van der Waals surface area contributed by atoms with Gasteiger partial charge in [0.2, 0.25) is 5.91 Å². The first-order valence-electron chi connectivity index (χ1n) is 8.01. The summed E-state index contributed by atoms with van der Waals surface area (Å²) in [6, 6.07) is 10.3. The monoisotopic (exact) mass is 377 g/mol. The molecule has 6 nitrogen and oxygen atoms in total. The largest absolute Gasteiger partial charge is 0.447 e. The average molecular weight is 378 g/mol. The highest BCUT2D eigenvalue weighted by molar-refractivity contribution is 6.33. The molecule has 0 saturated carbocycles. The molecule has 1 heterocycles. The number of nitrogens with one attached hydrogen (secondary N) is 2. The zero-order chi connectivity index (χ0) is 18.7. The summed E-state index contributed by atoms with van der Waals surface area (Å²) in [5, 5.41) is 5.84. The molecule has 1 saturated heterocycles. The van der Waals surface area contributed by atoms with Crippen molar-refractivity contribution in [2.45, 2.75) is 13.0 Å². The third-order valence-electron chi connectivity index (χ3n) is 3.88. The summed E-state index contributed by atoms with van der Waals surface area (Å²) in [6.45, 7) is 2.53. The van der Waals surface area contributed by atoms with E-state index in [1.165, 1.54) is 17.0 Å². The van der Waals surface area contributed by atoms with Gasteiger partial charge in [0.1, 0.15) is 18.5 Å². The highest BCUT2D eigenvalue weighted by Gasteiger charge is 2.24. The lowest BCUT2D eigenvalue weighted by atomic mass is 10.2. The summed E-state index contributed by atoms with van der Waals surface area (Å²) in [6.07, 6.45) is -0.390. The Morgan fingerprint density at radius 2 is 2.12 bits per heavy atom. The van der Waals surface area contributed by atoms with Gasteiger partial charge in [-0.2, -0.15) is 0 Å². The maximum Gasteiger partial charge on any atom is 0.414 e. The summed E-state index contributed by atoms with van der Waals surface area (Å²) in [7, 11) is 0. The number of benzene rings is 2. The van der Waals surface area contributed by atoms with Crippen LogP contribution in [-0.2, 0) is 9.53 Å². The normalized spacial score (nSPS) is 14.7. The van der Waals surface area contributed by atoms with Crippen molar-refractivity contribution in [2.24, 2.45) is 0 Å². The quantitative estimate of drug-likeness (QED) is 0.829. The molecule has 3 rings (SSSR count). The molecule has 136 valence electrons. The molecule has 1 aliphatic heterocycles. The molecule has 0 aliphatic carbocycles. The highest BCUT2D eigenvalue weighted by atomic mass is 35.5. The van der Waals surface area contributed by atoms with Gasteiger partial charge in [-0.25, -0.2) is 9.18 Å². The van der Waals surface area contributed by atoms with Crippen LogP contribution in [-0.4, -0.2) is 31.2 Å². The van der Waals surface area contributed by atoms with Gasteiger partial charge < -0.3 is 15.4 Å². The molecule has 0 spiro atoms. The number of nitrogens with zero attached hydrogens (tertiary/aromatic N) is 1. The second-order valence-corrected chi connectivity index (χ2v) is 6.20. The van der Waals surface area contributed by atoms with E-state index in [1.807, 2.05) is 0 Å². The van der Waals surface area contributed by atoms with Gasteiger partial charge in [-0.3, -0.25) is 9.69 Å². The Labute approximate surface area is 154 Å². The molecule has 2 aromatic rings. The van der Waals surface area contributed by atoms with Crippen LogP contribution < -0.4 is 15.5 Å². The van der Waals surface area contributed by atoms with Crippen molar-refractivity contribution in [3.05, 3.63) is 53.3 Å². The third-order valence-corrected chi connectivity index (χ3v) is 4.20. The maximum atomic E-state index is 13.1. The fourth-order valence-corrected chi connectivity index (χ4v) is 2.75. The number of hydrogen-bond acceptors (Lipinski definition) is 4. The topological polar surface area (TPSA) is 70.7 Å². The van der Waals surface area contributed by atoms with Crippen LogP contribution in [0.2, 0.25) is 5.02 Å². The van der Waals surface area contributed by atoms with Gasteiger partial charge in [0.05, 0.1) is 17.3 Å². The number of carbonyl (C=O) groups excluding carboxylic acids is 2. The molecule has 1 aliphatic rings. The first-order chi connectivity index (χ1) is 12.4. The second-order valence-electron chi connectivity index (χ2n) is 5.80. The van der Waals surface area contributed by atoms with Gasteiger partial charge in [-0.1, -0.05) is 17.7 Å². The summed E-state index contributed by atoms with van der Waals surface area (Å²) in [5.41, 5.74) is 1.70. The molecule has 1 unspecified atom stereocenters. The van der Waals surface area contributed by atoms with Crippen molar-refractivity contribution >= 4 is 40.7 Å². The predicted octanol–water partition coefficient (Wildman–Crippen LogP) is 3.87. The second kappa shape index (κ2) is 7.61. The lowest BCUT2D eigenvalue weighted by Gasteiger charge is -2.18. The molecule has 2 N–H and O–H groups in total. The number of halogens is 2. The Morgan fingerprint density at radius 1 is 1.31 bits per heavy atom. The molecular weight excluding hydrogens is 361 g/mol. The van der Waals surface area contributed by atoms with Crippen LogP contribution in [0.5, 0.6) is 0 Å². The number of hydrogen-bond donors (Lipinski definition) is 2. The van der Waals surface area contributed by atoms with Crippen LogP contribution in [0.4, 0.5) is 26.2 Å². The van der Waals surface area contributed by atoms with E-state index in [4.69, 9.17) is 16.3 Å². The molecule has 1 fully saturated rings. The van der Waals surface area contributed by atoms with Crippen molar-refractivity contribution in [3.63, 3.8) is 0 Å². The summed E-state index contributed by atoms with van der Waals surface area (Å²) in [5.74, 6) is -0.805. The highest BCUT2D eigenvalue weighted by Crippen LogP contribution is 2.24. The molecule has 8 heteroatoms. The number of ether oxygens (including phenoxy) is 1. The van der Waals surface area contributed by atoms with Gasteiger partial charge in [-0.05, 0) is 43.3 Å². The van der Waals surface area contributed by atoms with E-state index < -0.39 is 11.9 Å². The molecule has 0 bridgehead atoms. The van der Waals surface area contributed by atoms with E-state index in [9.17, 15) is 14.0 Å². The molecule has 1 atom stereocenters. The van der Waals surface area contributed by atoms with Gasteiger partial charge in [-0.15, -0.1) is 0 Å². The number of anilines is 3. The van der Waals surface area contributed by atoms with Crippen molar-refractivity contribution in [2.75, 3.05) is 28.7 Å². The van der Waals surface area contributed by atoms with Gasteiger partial charge in [0.25, 0.3) is 0 Å². The fraction of sp³-hybridized carbons (Fsp3) is 0.222. The Hall–Kier alpha value is -2.80. The van der Waals surface area contributed by atoms with E-state index in [1.54, 1.807) is 31.2 Å². The van der Waals surface area contributed by atoms with Crippen LogP contribution in [0.1, 0.15) is 6.92 Å². The molecule has 2 amide bonds. The third kappa shape index (κ3) is 4.05. The summed E-state index contributed by atoms with van der Waals surface area (Å²) < 4.78 is 18.0. The Bertz CT molecular complexity index is 846. The van der Waals surface area contributed by atoms with Crippen LogP contribution >= 0.6 is 11.6 Å². The van der Waals surface area contributed by atoms with Crippen LogP contribution in [0.3, 0.4) is 0 Å². The zero-order valence-corrected chi connectivity index (χ0v) is 14.7. The van der Waals surface area contributed by atoms with Crippen LogP contribution in [0.25, 0.3) is 0 Å². The fourth-order valence-electron chi connectivity index (χ4n) is 2.54. The number of carbonyl (C=O) groups is 2. The smallest absolute Gasteiger partial charge is 0.414 e. The van der Waals surface area contributed by atoms with Crippen LogP contribution in [0.15, 0.2) is 42.5 Å². The van der Waals surface area contributed by atoms with Crippen molar-refractivity contribution in [1.82, 2.24) is 0 Å². The minimum absolute atomic E-state index is 0.125. The molecule has 26 heavy (non-hydrogen) atoms. The average Bonchev–Trinajstić information content (AvgIpc) is 3.03. The Morgan fingerprint density at radius 3 is 2.81 bits per heavy atom. The Balaban J connectivity index is 1.66. The van der Waals surface area contributed by atoms with E-state index in [2.05, 4.69) is 10.6 Å². The number of rotatable bonds is 5. The van der Waals surface area contributed by atoms with Crippen LogP contribution in [0, 0.1) is 5.82 Å². The molecular formula is C18H17ClFN3O3. The van der Waals surface area contributed by atoms with E-state index in [0.717, 1.165) is 6.07 Å². The summed E-state index contributed by atoms with van der Waals surface area (Å²) in [4.78, 5) is 25.5. The first-order valence-corrected chi connectivity index (χ1v) is 8.38. The summed E-state index contributed by atoms with van der Waals surface area (Å²) >= 11 is 5.92. The lowest BCUT2D eigenvalue weighted by Crippen LogP contribution is -2.32. The zero-order valence-electron chi connectivity index (χ0n) is 14.0. The molecule has 2 aromatic carbocycles.